The Hall–Kier alpha value is -2.94. The maximum Gasteiger partial charge on any atom is 0.264 e. The average Bonchev–Trinajstić information content (AvgIpc) is 3.01. The Balaban J connectivity index is 1.45. The van der Waals surface area contributed by atoms with Crippen molar-refractivity contribution in [3.63, 3.8) is 0 Å². The summed E-state index contributed by atoms with van der Waals surface area (Å²) in [5.74, 6) is 0.245. The quantitative estimate of drug-likeness (QED) is 0.606. The molecule has 150 valence electrons. The molecule has 1 aliphatic heterocycles. The second kappa shape index (κ2) is 6.55. The number of nitrogens with zero attached hydrogens (tertiary/aromatic N) is 1. The minimum Gasteiger partial charge on any atom is -0.342 e. The number of H-pyrrole nitrogens is 1. The maximum atomic E-state index is 14.5. The van der Waals surface area contributed by atoms with Crippen molar-refractivity contribution in [1.29, 1.82) is 0 Å². The highest BCUT2D eigenvalue weighted by molar-refractivity contribution is 7.92. The first-order valence-corrected chi connectivity index (χ1v) is 11.0. The number of fused-ring (bicyclic) bond motifs is 2. The molecule has 0 unspecified atom stereocenters. The number of imidazole rings is 1. The van der Waals surface area contributed by atoms with Crippen LogP contribution in [0.4, 0.5) is 15.8 Å². The summed E-state index contributed by atoms with van der Waals surface area (Å²) in [6.07, 6.45) is 4.02. The van der Waals surface area contributed by atoms with Gasteiger partial charge in [-0.3, -0.25) is 9.52 Å². The third kappa shape index (κ3) is 3.25. The van der Waals surface area contributed by atoms with Gasteiger partial charge in [-0.1, -0.05) is 6.42 Å². The molecule has 0 atom stereocenters. The van der Waals surface area contributed by atoms with Gasteiger partial charge in [0.25, 0.3) is 10.0 Å². The number of rotatable bonds is 4. The molecular formula is C20H19FN4O3S. The number of sulfonamides is 1. The second-order valence-corrected chi connectivity index (χ2v) is 9.23. The van der Waals surface area contributed by atoms with Gasteiger partial charge in [0, 0.05) is 18.0 Å². The highest BCUT2D eigenvalue weighted by Gasteiger charge is 2.25. The van der Waals surface area contributed by atoms with Crippen molar-refractivity contribution in [2.75, 3.05) is 10.0 Å². The number of benzene rings is 2. The fourth-order valence-electron chi connectivity index (χ4n) is 3.76. The predicted octanol–water partition coefficient (Wildman–Crippen LogP) is 3.66. The Bertz CT molecular complexity index is 1250. The summed E-state index contributed by atoms with van der Waals surface area (Å²) in [5, 5.41) is 2.56. The van der Waals surface area contributed by atoms with Gasteiger partial charge in [0.2, 0.25) is 5.91 Å². The first-order valence-electron chi connectivity index (χ1n) is 9.54. The average molecular weight is 414 g/mol. The molecule has 0 bridgehead atoms. The van der Waals surface area contributed by atoms with E-state index in [0.717, 1.165) is 35.8 Å². The fraction of sp³-hybridized carbons (Fsp3) is 0.300. The number of halogens is 1. The molecule has 7 nitrogen and oxygen atoms in total. The van der Waals surface area contributed by atoms with E-state index < -0.39 is 20.7 Å². The van der Waals surface area contributed by atoms with Gasteiger partial charge in [-0.05, 0) is 55.2 Å². The van der Waals surface area contributed by atoms with Gasteiger partial charge >= 0.3 is 0 Å². The number of anilines is 2. The lowest BCUT2D eigenvalue weighted by molar-refractivity contribution is -0.116. The monoisotopic (exact) mass is 414 g/mol. The van der Waals surface area contributed by atoms with E-state index in [1.807, 2.05) is 0 Å². The van der Waals surface area contributed by atoms with Crippen molar-refractivity contribution in [1.82, 2.24) is 9.97 Å². The molecule has 9 heteroatoms. The first kappa shape index (κ1) is 18.1. The molecule has 29 heavy (non-hydrogen) atoms. The van der Waals surface area contributed by atoms with Gasteiger partial charge in [-0.25, -0.2) is 17.8 Å². The first-order chi connectivity index (χ1) is 13.9. The molecule has 2 aliphatic rings. The lowest BCUT2D eigenvalue weighted by Gasteiger charge is -2.22. The number of carbonyl (C=O) groups is 1. The van der Waals surface area contributed by atoms with Gasteiger partial charge in [0.05, 0.1) is 16.7 Å². The van der Waals surface area contributed by atoms with Crippen LogP contribution in [0.1, 0.15) is 43.0 Å². The van der Waals surface area contributed by atoms with E-state index in [1.54, 1.807) is 18.2 Å². The molecule has 2 heterocycles. The van der Waals surface area contributed by atoms with E-state index >= 15 is 0 Å². The Kier molecular flexibility index (Phi) is 4.09. The molecule has 1 amide bonds. The minimum atomic E-state index is -4.13. The molecule has 1 aromatic heterocycles. The molecule has 3 N–H and O–H groups in total. The van der Waals surface area contributed by atoms with Gasteiger partial charge in [-0.2, -0.15) is 0 Å². The van der Waals surface area contributed by atoms with Crippen molar-refractivity contribution in [3.05, 3.63) is 47.5 Å². The molecule has 3 aromatic rings. The van der Waals surface area contributed by atoms with E-state index in [0.29, 0.717) is 29.3 Å². The normalized spacial score (nSPS) is 16.9. The summed E-state index contributed by atoms with van der Waals surface area (Å²) >= 11 is 0. The van der Waals surface area contributed by atoms with Crippen LogP contribution in [0.2, 0.25) is 0 Å². The lowest BCUT2D eigenvalue weighted by Crippen LogP contribution is -2.21. The summed E-state index contributed by atoms with van der Waals surface area (Å²) in [6.45, 7) is 0. The van der Waals surface area contributed by atoms with Gasteiger partial charge in [0.15, 0.2) is 0 Å². The number of hydrogen-bond donors (Lipinski definition) is 3. The number of aryl methyl sites for hydroxylation is 1. The Morgan fingerprint density at radius 1 is 1.14 bits per heavy atom. The Morgan fingerprint density at radius 2 is 1.97 bits per heavy atom. The number of nitrogens with one attached hydrogen (secondary N) is 3. The van der Waals surface area contributed by atoms with Crippen LogP contribution in [0.3, 0.4) is 0 Å². The zero-order chi connectivity index (χ0) is 20.2. The molecule has 1 fully saturated rings. The molecule has 0 saturated heterocycles. The number of aromatic amines is 1. The fourth-order valence-corrected chi connectivity index (χ4v) is 4.92. The SMILES string of the molecule is O=C1CCc2cc(S(=O)(=O)Nc3ccc4nc(C5CCC5)[nH]c4c3)c(F)cc2N1. The third-order valence-corrected chi connectivity index (χ3v) is 6.98. The van der Waals surface area contributed by atoms with Crippen LogP contribution in [0.15, 0.2) is 35.2 Å². The topological polar surface area (TPSA) is 104 Å². The van der Waals surface area contributed by atoms with E-state index in [9.17, 15) is 17.6 Å². The smallest absolute Gasteiger partial charge is 0.264 e. The molecule has 1 aliphatic carbocycles. The van der Waals surface area contributed by atoms with Crippen LogP contribution in [0, 0.1) is 5.82 Å². The zero-order valence-electron chi connectivity index (χ0n) is 15.5. The molecule has 1 saturated carbocycles. The van der Waals surface area contributed by atoms with Crippen LogP contribution >= 0.6 is 0 Å². The van der Waals surface area contributed by atoms with Crippen LogP contribution in [-0.2, 0) is 21.2 Å². The predicted molar refractivity (Wildman–Crippen MR) is 107 cm³/mol. The van der Waals surface area contributed by atoms with Crippen molar-refractivity contribution in [2.24, 2.45) is 0 Å². The van der Waals surface area contributed by atoms with Gasteiger partial charge < -0.3 is 10.3 Å². The Labute approximate surface area is 166 Å². The zero-order valence-corrected chi connectivity index (χ0v) is 16.3. The van der Waals surface area contributed by atoms with Crippen molar-refractivity contribution < 1.29 is 17.6 Å². The van der Waals surface area contributed by atoms with Crippen molar-refractivity contribution in [3.8, 4) is 0 Å². The highest BCUT2D eigenvalue weighted by atomic mass is 32.2. The third-order valence-electron chi connectivity index (χ3n) is 5.59. The van der Waals surface area contributed by atoms with Crippen molar-refractivity contribution in [2.45, 2.75) is 42.9 Å². The number of carbonyl (C=O) groups excluding carboxylic acids is 1. The van der Waals surface area contributed by atoms with Crippen LogP contribution < -0.4 is 10.0 Å². The summed E-state index contributed by atoms with van der Waals surface area (Å²) in [5.41, 5.74) is 2.75. The largest absolute Gasteiger partial charge is 0.342 e. The van der Waals surface area contributed by atoms with Crippen LogP contribution in [0.5, 0.6) is 0 Å². The van der Waals surface area contributed by atoms with E-state index in [4.69, 9.17) is 0 Å². The van der Waals surface area contributed by atoms with E-state index in [2.05, 4.69) is 20.0 Å². The lowest BCUT2D eigenvalue weighted by atomic mass is 9.85. The molecule has 0 radical (unpaired) electrons. The number of hydrogen-bond acceptors (Lipinski definition) is 4. The van der Waals surface area contributed by atoms with Crippen LogP contribution in [0.25, 0.3) is 11.0 Å². The highest BCUT2D eigenvalue weighted by Crippen LogP contribution is 2.36. The maximum absolute atomic E-state index is 14.5. The minimum absolute atomic E-state index is 0.209. The standard InChI is InChI=1S/C20H19FN4O3S/c21-14-10-16-12(4-7-19(26)22-16)8-18(14)29(27,28)25-13-5-6-15-17(9-13)24-20(23-15)11-2-1-3-11/h5-6,8-11,25H,1-4,7H2,(H,22,26)(H,23,24). The summed E-state index contributed by atoms with van der Waals surface area (Å²) in [4.78, 5) is 18.9. The number of aromatic nitrogens is 2. The summed E-state index contributed by atoms with van der Waals surface area (Å²) < 4.78 is 42.6. The summed E-state index contributed by atoms with van der Waals surface area (Å²) in [7, 11) is -4.13. The van der Waals surface area contributed by atoms with E-state index in [-0.39, 0.29) is 12.3 Å². The second-order valence-electron chi connectivity index (χ2n) is 7.58. The van der Waals surface area contributed by atoms with Crippen LogP contribution in [-0.4, -0.2) is 24.3 Å². The molecule has 2 aromatic carbocycles. The van der Waals surface area contributed by atoms with Crippen molar-refractivity contribution >= 4 is 38.3 Å². The van der Waals surface area contributed by atoms with Gasteiger partial charge in [-0.15, -0.1) is 0 Å². The molecule has 5 rings (SSSR count). The Morgan fingerprint density at radius 3 is 2.72 bits per heavy atom. The summed E-state index contributed by atoms with van der Waals surface area (Å²) in [6, 6.07) is 7.37. The molecule has 0 spiro atoms. The van der Waals surface area contributed by atoms with Gasteiger partial charge in [0.1, 0.15) is 16.5 Å². The molecular weight excluding hydrogens is 395 g/mol. The number of amides is 1. The van der Waals surface area contributed by atoms with E-state index in [1.165, 1.54) is 12.5 Å².